The number of rotatable bonds is 6. The van der Waals surface area contributed by atoms with E-state index in [4.69, 9.17) is 0 Å². The number of aryl methyl sites for hydroxylation is 4. The van der Waals surface area contributed by atoms with E-state index in [-0.39, 0.29) is 17.1 Å². The van der Waals surface area contributed by atoms with Crippen molar-refractivity contribution in [3.63, 3.8) is 0 Å². The summed E-state index contributed by atoms with van der Waals surface area (Å²) in [6.45, 7) is 18.2. The summed E-state index contributed by atoms with van der Waals surface area (Å²) >= 11 is 0. The van der Waals surface area contributed by atoms with E-state index in [0.29, 0.717) is 11.4 Å². The maximum absolute atomic E-state index is 13.7. The monoisotopic (exact) mass is 513 g/mol. The number of nitrogens with zero attached hydrogens (tertiary/aromatic N) is 6. The van der Waals surface area contributed by atoms with Crippen molar-refractivity contribution < 1.29 is 0 Å². The molecule has 1 fully saturated rings. The van der Waals surface area contributed by atoms with Crippen molar-refractivity contribution in [2.45, 2.75) is 66.5 Å². The zero-order valence-electron chi connectivity index (χ0n) is 23.7. The van der Waals surface area contributed by atoms with Gasteiger partial charge in [-0.15, -0.1) is 5.10 Å². The quantitative estimate of drug-likeness (QED) is 0.399. The summed E-state index contributed by atoms with van der Waals surface area (Å²) in [5, 5.41) is 14.1. The summed E-state index contributed by atoms with van der Waals surface area (Å²) in [6.07, 6.45) is 0.866. The molecule has 8 nitrogen and oxygen atoms in total. The van der Waals surface area contributed by atoms with Crippen molar-refractivity contribution in [2.24, 2.45) is 0 Å². The van der Waals surface area contributed by atoms with Crippen LogP contribution in [-0.4, -0.2) is 56.3 Å². The molecule has 1 aliphatic rings. The van der Waals surface area contributed by atoms with Crippen molar-refractivity contribution in [3.8, 4) is 0 Å². The fourth-order valence-corrected chi connectivity index (χ4v) is 5.47. The number of pyridine rings is 1. The Bertz CT molecular complexity index is 1530. The van der Waals surface area contributed by atoms with Crippen molar-refractivity contribution in [1.82, 2.24) is 30.1 Å². The molecule has 38 heavy (non-hydrogen) atoms. The van der Waals surface area contributed by atoms with Gasteiger partial charge < -0.3 is 9.88 Å². The molecule has 0 saturated carbocycles. The molecule has 1 N–H and O–H groups in total. The van der Waals surface area contributed by atoms with Gasteiger partial charge in [0.25, 0.3) is 5.56 Å². The standard InChI is InChI=1S/C30H39N7O/c1-8-30(6,7)37-28(32-33-34-37)27(24-18-23-12-11-20(3)22(5)26(23)31-29(24)38)36-15-13-35(14-16-36)25-17-19(2)9-10-21(25)4/h9-12,17-18,27H,8,13-16H2,1-7H3,(H,31,38). The first-order valence-corrected chi connectivity index (χ1v) is 13.6. The fraction of sp³-hybridized carbons (Fsp3) is 0.467. The third-order valence-corrected chi connectivity index (χ3v) is 8.44. The Hall–Kier alpha value is -3.52. The summed E-state index contributed by atoms with van der Waals surface area (Å²) in [5.41, 5.74) is 7.30. The molecule has 8 heteroatoms. The first-order valence-electron chi connectivity index (χ1n) is 13.6. The van der Waals surface area contributed by atoms with Crippen LogP contribution in [0, 0.1) is 27.7 Å². The molecular formula is C30H39N7O. The van der Waals surface area contributed by atoms with Gasteiger partial charge in [-0.05, 0) is 98.2 Å². The molecule has 5 rings (SSSR count). The minimum Gasteiger partial charge on any atom is -0.369 e. The first-order chi connectivity index (χ1) is 18.1. The van der Waals surface area contributed by atoms with Crippen LogP contribution in [0.1, 0.15) is 66.9 Å². The lowest BCUT2D eigenvalue weighted by Gasteiger charge is -2.40. The molecule has 1 aliphatic heterocycles. The molecule has 200 valence electrons. The van der Waals surface area contributed by atoms with Crippen molar-refractivity contribution in [1.29, 1.82) is 0 Å². The predicted molar refractivity (Wildman–Crippen MR) is 153 cm³/mol. The number of hydrogen-bond donors (Lipinski definition) is 1. The van der Waals surface area contributed by atoms with Crippen LogP contribution in [0.3, 0.4) is 0 Å². The van der Waals surface area contributed by atoms with Crippen molar-refractivity contribution >= 4 is 16.6 Å². The SMILES string of the molecule is CCC(C)(C)n1nnnc1C(c1cc2ccc(C)c(C)c2[nH]c1=O)N1CCN(c2cc(C)ccc2C)CC1. The fourth-order valence-electron chi connectivity index (χ4n) is 5.47. The molecule has 0 bridgehead atoms. The largest absolute Gasteiger partial charge is 0.369 e. The van der Waals surface area contributed by atoms with Gasteiger partial charge in [-0.1, -0.05) is 31.2 Å². The molecule has 0 amide bonds. The van der Waals surface area contributed by atoms with Crippen LogP contribution >= 0.6 is 0 Å². The number of aromatic amines is 1. The summed E-state index contributed by atoms with van der Waals surface area (Å²) in [4.78, 5) is 21.7. The zero-order valence-corrected chi connectivity index (χ0v) is 23.7. The Kier molecular flexibility index (Phi) is 6.86. The Morgan fingerprint density at radius 2 is 1.68 bits per heavy atom. The molecule has 1 atom stereocenters. The third kappa shape index (κ3) is 4.62. The predicted octanol–water partition coefficient (Wildman–Crippen LogP) is 4.80. The Morgan fingerprint density at radius 1 is 0.974 bits per heavy atom. The van der Waals surface area contributed by atoms with Gasteiger partial charge in [-0.3, -0.25) is 9.69 Å². The van der Waals surface area contributed by atoms with E-state index in [9.17, 15) is 4.79 Å². The van der Waals surface area contributed by atoms with Crippen LogP contribution in [-0.2, 0) is 5.54 Å². The summed E-state index contributed by atoms with van der Waals surface area (Å²) in [7, 11) is 0. The molecule has 2 aromatic carbocycles. The van der Waals surface area contributed by atoms with Gasteiger partial charge in [-0.2, -0.15) is 0 Å². The first kappa shape index (κ1) is 26.1. The zero-order chi connectivity index (χ0) is 27.2. The van der Waals surface area contributed by atoms with E-state index in [1.54, 1.807) is 0 Å². The smallest absolute Gasteiger partial charge is 0.253 e. The molecule has 1 saturated heterocycles. The lowest BCUT2D eigenvalue weighted by atomic mass is 9.97. The van der Waals surface area contributed by atoms with E-state index >= 15 is 0 Å². The van der Waals surface area contributed by atoms with E-state index in [2.05, 4.69) is 109 Å². The van der Waals surface area contributed by atoms with Crippen LogP contribution in [0.25, 0.3) is 10.9 Å². The highest BCUT2D eigenvalue weighted by Gasteiger charge is 2.36. The van der Waals surface area contributed by atoms with Crippen LogP contribution in [0.5, 0.6) is 0 Å². The van der Waals surface area contributed by atoms with E-state index in [1.807, 2.05) is 10.7 Å². The van der Waals surface area contributed by atoms with Crippen molar-refractivity contribution in [3.05, 3.63) is 80.4 Å². The molecule has 3 heterocycles. The van der Waals surface area contributed by atoms with Crippen LogP contribution in [0.4, 0.5) is 5.69 Å². The molecule has 4 aromatic rings. The van der Waals surface area contributed by atoms with E-state index in [1.165, 1.54) is 16.8 Å². The second-order valence-corrected chi connectivity index (χ2v) is 11.4. The highest BCUT2D eigenvalue weighted by atomic mass is 16.1. The maximum Gasteiger partial charge on any atom is 0.253 e. The van der Waals surface area contributed by atoms with Gasteiger partial charge in [0.1, 0.15) is 6.04 Å². The lowest BCUT2D eigenvalue weighted by Crippen LogP contribution is -2.49. The number of fused-ring (bicyclic) bond motifs is 1. The molecule has 0 spiro atoms. The van der Waals surface area contributed by atoms with Gasteiger partial charge >= 0.3 is 0 Å². The number of H-pyrrole nitrogens is 1. The Balaban J connectivity index is 1.58. The molecular weight excluding hydrogens is 474 g/mol. The van der Waals surface area contributed by atoms with Crippen molar-refractivity contribution in [2.75, 3.05) is 31.1 Å². The third-order valence-electron chi connectivity index (χ3n) is 8.44. The van der Waals surface area contributed by atoms with Gasteiger partial charge in [0.05, 0.1) is 11.1 Å². The summed E-state index contributed by atoms with van der Waals surface area (Å²) < 4.78 is 1.92. The minimum atomic E-state index is -0.355. The minimum absolute atomic E-state index is 0.0861. The van der Waals surface area contributed by atoms with Gasteiger partial charge in [-0.25, -0.2) is 4.68 Å². The maximum atomic E-state index is 13.7. The Morgan fingerprint density at radius 3 is 2.39 bits per heavy atom. The number of aromatic nitrogens is 5. The average Bonchev–Trinajstić information content (AvgIpc) is 3.40. The number of benzene rings is 2. The summed E-state index contributed by atoms with van der Waals surface area (Å²) in [6, 6.07) is 12.5. The number of tetrazole rings is 1. The number of anilines is 1. The number of nitrogens with one attached hydrogen (secondary N) is 1. The molecule has 0 radical (unpaired) electrons. The second kappa shape index (κ2) is 9.98. The van der Waals surface area contributed by atoms with Crippen LogP contribution in [0.2, 0.25) is 0 Å². The molecule has 1 unspecified atom stereocenters. The molecule has 2 aromatic heterocycles. The van der Waals surface area contributed by atoms with E-state index in [0.717, 1.165) is 54.6 Å². The van der Waals surface area contributed by atoms with Crippen LogP contribution < -0.4 is 10.5 Å². The second-order valence-electron chi connectivity index (χ2n) is 11.4. The Labute approximate surface area is 224 Å². The number of piperazine rings is 1. The topological polar surface area (TPSA) is 82.9 Å². The van der Waals surface area contributed by atoms with Crippen LogP contribution in [0.15, 0.2) is 41.2 Å². The molecule has 0 aliphatic carbocycles. The summed E-state index contributed by atoms with van der Waals surface area (Å²) in [5.74, 6) is 0.714. The van der Waals surface area contributed by atoms with Gasteiger partial charge in [0, 0.05) is 37.4 Å². The van der Waals surface area contributed by atoms with Gasteiger partial charge in [0.2, 0.25) is 0 Å². The van der Waals surface area contributed by atoms with E-state index < -0.39 is 0 Å². The highest BCUT2D eigenvalue weighted by Crippen LogP contribution is 2.33. The van der Waals surface area contributed by atoms with Gasteiger partial charge in [0.15, 0.2) is 5.82 Å². The normalized spacial score (nSPS) is 15.8. The number of hydrogen-bond acceptors (Lipinski definition) is 6. The lowest BCUT2D eigenvalue weighted by molar-refractivity contribution is 0.186. The average molecular weight is 514 g/mol. The highest BCUT2D eigenvalue weighted by molar-refractivity contribution is 5.83.